The highest BCUT2D eigenvalue weighted by molar-refractivity contribution is 8.02. The van der Waals surface area contributed by atoms with Crippen molar-refractivity contribution in [1.82, 2.24) is 14.8 Å². The Bertz CT molecular complexity index is 1280. The minimum atomic E-state index is -0.316. The van der Waals surface area contributed by atoms with Gasteiger partial charge in [-0.1, -0.05) is 43.7 Å². The number of aromatic hydroxyl groups is 1. The highest BCUT2D eigenvalue weighted by atomic mass is 35.5. The topological polar surface area (TPSA) is 71.2 Å². The lowest BCUT2D eigenvalue weighted by atomic mass is 9.81. The van der Waals surface area contributed by atoms with E-state index in [1.165, 1.54) is 5.54 Å². The van der Waals surface area contributed by atoms with Crippen molar-refractivity contribution in [3.8, 4) is 5.75 Å². The molecule has 1 atom stereocenters. The molecule has 1 aliphatic rings. The molecule has 1 aromatic carbocycles. The number of halogens is 1. The Morgan fingerprint density at radius 2 is 2.14 bits per heavy atom. The number of fused-ring (bicyclic) bond motifs is 1. The Hall–Kier alpha value is -3.03. The van der Waals surface area contributed by atoms with Crippen molar-refractivity contribution in [3.05, 3.63) is 93.9 Å². The molecule has 0 fully saturated rings. The van der Waals surface area contributed by atoms with Crippen LogP contribution in [0.15, 0.2) is 71.5 Å². The summed E-state index contributed by atoms with van der Waals surface area (Å²) < 4.78 is 1.87. The number of carbonyl (C=O) groups is 1. The predicted octanol–water partition coefficient (Wildman–Crippen LogP) is 6.76. The summed E-state index contributed by atoms with van der Waals surface area (Å²) in [4.78, 5) is 21.7. The Labute approximate surface area is 228 Å². The minimum absolute atomic E-state index is 0.00958. The standard InChI is InChI=1S/C29H33ClN4O2S/c1-20(2)27-13-12-22(16-31-27)34(18-21-15-32-33(17-21)19-23(37-3)7-6-14-30)29(36)26-10-4-9-25-24(26)8-5-11-28(25)35/h5-8,11-17,20,26,35H,4,9-10,18-19H2,1-3H3/b14-6+,23-7-. The van der Waals surface area contributed by atoms with Crippen molar-refractivity contribution in [2.45, 2.75) is 58.0 Å². The van der Waals surface area contributed by atoms with Crippen molar-refractivity contribution in [3.63, 3.8) is 0 Å². The van der Waals surface area contributed by atoms with Crippen molar-refractivity contribution in [2.75, 3.05) is 11.2 Å². The highest BCUT2D eigenvalue weighted by Crippen LogP contribution is 2.38. The number of rotatable bonds is 9. The normalized spacial score (nSPS) is 15.8. The second-order valence-electron chi connectivity index (χ2n) is 9.51. The summed E-state index contributed by atoms with van der Waals surface area (Å²) in [6.07, 6.45) is 13.8. The fourth-order valence-electron chi connectivity index (χ4n) is 4.71. The largest absolute Gasteiger partial charge is 0.508 e. The molecule has 1 amide bonds. The van der Waals surface area contributed by atoms with E-state index in [0.29, 0.717) is 19.0 Å². The zero-order chi connectivity index (χ0) is 26.4. The van der Waals surface area contributed by atoms with E-state index in [1.807, 2.05) is 58.6 Å². The molecule has 194 valence electrons. The summed E-state index contributed by atoms with van der Waals surface area (Å²) in [5, 5.41) is 14.9. The van der Waals surface area contributed by atoms with Gasteiger partial charge in [0.2, 0.25) is 5.91 Å². The Morgan fingerprint density at radius 1 is 1.30 bits per heavy atom. The third-order valence-electron chi connectivity index (χ3n) is 6.68. The molecule has 1 N–H and O–H groups in total. The Balaban J connectivity index is 1.64. The van der Waals surface area contributed by atoms with E-state index in [4.69, 9.17) is 11.6 Å². The second-order valence-corrected chi connectivity index (χ2v) is 10.7. The number of hydrogen-bond acceptors (Lipinski definition) is 5. The molecule has 0 aliphatic heterocycles. The smallest absolute Gasteiger partial charge is 0.234 e. The van der Waals surface area contributed by atoms with Gasteiger partial charge in [-0.25, -0.2) is 0 Å². The lowest BCUT2D eigenvalue weighted by molar-refractivity contribution is -0.120. The van der Waals surface area contributed by atoms with E-state index in [1.54, 1.807) is 30.1 Å². The average Bonchev–Trinajstić information content (AvgIpc) is 3.36. The molecule has 0 radical (unpaired) electrons. The number of pyridine rings is 1. The van der Waals surface area contributed by atoms with Gasteiger partial charge < -0.3 is 10.0 Å². The molecule has 0 saturated carbocycles. The van der Waals surface area contributed by atoms with Crippen LogP contribution < -0.4 is 4.90 Å². The van der Waals surface area contributed by atoms with Crippen LogP contribution in [-0.2, 0) is 24.3 Å². The number of carbonyl (C=O) groups excluding carboxylic acids is 1. The minimum Gasteiger partial charge on any atom is -0.508 e. The first-order chi connectivity index (χ1) is 17.9. The number of phenolic OH excluding ortho intramolecular Hbond substituents is 1. The van der Waals surface area contributed by atoms with Gasteiger partial charge in [0, 0.05) is 27.9 Å². The number of hydrogen-bond donors (Lipinski definition) is 1. The lowest BCUT2D eigenvalue weighted by Gasteiger charge is -2.31. The van der Waals surface area contributed by atoms with Crippen LogP contribution >= 0.6 is 23.4 Å². The third kappa shape index (κ3) is 6.46. The van der Waals surface area contributed by atoms with Crippen molar-refractivity contribution >= 4 is 35.0 Å². The van der Waals surface area contributed by atoms with Crippen LogP contribution in [0.2, 0.25) is 0 Å². The van der Waals surface area contributed by atoms with E-state index < -0.39 is 0 Å². The van der Waals surface area contributed by atoms with Crippen molar-refractivity contribution in [1.29, 1.82) is 0 Å². The van der Waals surface area contributed by atoms with E-state index >= 15 is 0 Å². The van der Waals surface area contributed by atoms with Gasteiger partial charge in [-0.05, 0) is 66.8 Å². The van der Waals surface area contributed by atoms with Crippen LogP contribution in [0.25, 0.3) is 0 Å². The molecule has 2 heterocycles. The number of aromatic nitrogens is 3. The third-order valence-corrected chi connectivity index (χ3v) is 7.62. The predicted molar refractivity (Wildman–Crippen MR) is 152 cm³/mol. The zero-order valence-electron chi connectivity index (χ0n) is 21.5. The Kier molecular flexibility index (Phi) is 9.11. The Morgan fingerprint density at radius 3 is 2.84 bits per heavy atom. The maximum absolute atomic E-state index is 14.1. The summed E-state index contributed by atoms with van der Waals surface area (Å²) in [5.74, 6) is 0.267. The number of phenols is 1. The molecule has 1 aliphatic carbocycles. The number of anilines is 1. The van der Waals surface area contributed by atoms with E-state index in [0.717, 1.165) is 52.2 Å². The molecular weight excluding hydrogens is 504 g/mol. The molecule has 0 saturated heterocycles. The molecule has 3 aromatic rings. The summed E-state index contributed by atoms with van der Waals surface area (Å²) in [7, 11) is 0. The first-order valence-corrected chi connectivity index (χ1v) is 14.2. The second kappa shape index (κ2) is 12.5. The molecule has 2 aromatic heterocycles. The average molecular weight is 537 g/mol. The number of amides is 1. The van der Waals surface area contributed by atoms with Crippen LogP contribution in [0.3, 0.4) is 0 Å². The van der Waals surface area contributed by atoms with Crippen LogP contribution in [-0.4, -0.2) is 32.0 Å². The van der Waals surface area contributed by atoms with E-state index in [-0.39, 0.29) is 17.6 Å². The molecular formula is C29H33ClN4O2S. The van der Waals surface area contributed by atoms with Crippen LogP contribution in [0.4, 0.5) is 5.69 Å². The molecule has 0 bridgehead atoms. The van der Waals surface area contributed by atoms with Gasteiger partial charge in [-0.3, -0.25) is 14.5 Å². The SMILES string of the molecule is CS/C(=C\C=C\Cl)Cn1cc(CN(C(=O)C2CCCc3c(O)cccc32)c2ccc(C(C)C)nc2)cn1. The molecule has 1 unspecified atom stereocenters. The summed E-state index contributed by atoms with van der Waals surface area (Å²) >= 11 is 7.32. The number of benzene rings is 1. The molecule has 4 rings (SSSR count). The molecule has 37 heavy (non-hydrogen) atoms. The van der Waals surface area contributed by atoms with Crippen LogP contribution in [0.5, 0.6) is 5.75 Å². The monoisotopic (exact) mass is 536 g/mol. The maximum atomic E-state index is 14.1. The number of thioether (sulfide) groups is 1. The first-order valence-electron chi connectivity index (χ1n) is 12.5. The summed E-state index contributed by atoms with van der Waals surface area (Å²) in [6.45, 7) is 5.21. The van der Waals surface area contributed by atoms with Crippen LogP contribution in [0.1, 0.15) is 60.9 Å². The van der Waals surface area contributed by atoms with Gasteiger partial charge in [0.15, 0.2) is 0 Å². The number of allylic oxidation sites excluding steroid dienone is 3. The quantitative estimate of drug-likeness (QED) is 0.306. The van der Waals surface area contributed by atoms with E-state index in [9.17, 15) is 9.90 Å². The van der Waals surface area contributed by atoms with Gasteiger partial charge in [-0.2, -0.15) is 5.10 Å². The lowest BCUT2D eigenvalue weighted by Crippen LogP contribution is -2.36. The van der Waals surface area contributed by atoms with Crippen molar-refractivity contribution in [2.24, 2.45) is 0 Å². The number of nitrogens with zero attached hydrogens (tertiary/aromatic N) is 4. The van der Waals surface area contributed by atoms with Gasteiger partial charge in [0.05, 0.1) is 37.1 Å². The maximum Gasteiger partial charge on any atom is 0.234 e. The van der Waals surface area contributed by atoms with E-state index in [2.05, 4.69) is 23.9 Å². The molecule has 6 nitrogen and oxygen atoms in total. The fraction of sp³-hybridized carbons (Fsp3) is 0.345. The van der Waals surface area contributed by atoms with Gasteiger partial charge in [-0.15, -0.1) is 11.8 Å². The van der Waals surface area contributed by atoms with Crippen LogP contribution in [0, 0.1) is 0 Å². The van der Waals surface area contributed by atoms with Gasteiger partial charge in [0.1, 0.15) is 5.75 Å². The van der Waals surface area contributed by atoms with Crippen molar-refractivity contribution < 1.29 is 9.90 Å². The van der Waals surface area contributed by atoms with Gasteiger partial charge in [0.25, 0.3) is 0 Å². The fourth-order valence-corrected chi connectivity index (χ4v) is 5.26. The summed E-state index contributed by atoms with van der Waals surface area (Å²) in [5.41, 5.74) is 5.96. The molecule has 0 spiro atoms. The summed E-state index contributed by atoms with van der Waals surface area (Å²) in [6, 6.07) is 9.46. The zero-order valence-corrected chi connectivity index (χ0v) is 23.0. The first kappa shape index (κ1) is 27.0. The van der Waals surface area contributed by atoms with Gasteiger partial charge >= 0.3 is 0 Å². The molecule has 8 heteroatoms. The highest BCUT2D eigenvalue weighted by Gasteiger charge is 2.32.